The molecule has 0 fully saturated rings. The molecule has 0 aliphatic carbocycles. The van der Waals surface area contributed by atoms with Gasteiger partial charge in [0.1, 0.15) is 0 Å². The average molecular weight is 363 g/mol. The molecule has 0 atom stereocenters. The molecular weight excluding hydrogens is 360 g/mol. The molecule has 0 unspecified atom stereocenters. The first-order valence-electron chi connectivity index (χ1n) is 2.38. The van der Waals surface area contributed by atoms with Gasteiger partial charge in [-0.3, -0.25) is 4.79 Å². The number of aromatic nitrogens is 1. The predicted molar refractivity (Wildman–Crippen MR) is 53.3 cm³/mol. The van der Waals surface area contributed by atoms with Crippen LogP contribution in [-0.4, -0.2) is 9.94 Å². The minimum Gasteiger partial charge on any atom is -0.429 e. The van der Waals surface area contributed by atoms with Crippen LogP contribution in [0.3, 0.4) is 0 Å². The van der Waals surface area contributed by atoms with Crippen molar-refractivity contribution in [2.75, 3.05) is 0 Å². The molecule has 1 N–H and O–H groups in total. The molecular formula is C5H3I2NO2. The van der Waals surface area contributed by atoms with Crippen LogP contribution in [0.25, 0.3) is 0 Å². The first kappa shape index (κ1) is 8.31. The number of hydrogen-bond acceptors (Lipinski definition) is 2. The summed E-state index contributed by atoms with van der Waals surface area (Å²) in [6.45, 7) is 0. The summed E-state index contributed by atoms with van der Waals surface area (Å²) < 4.78 is 1.92. The monoisotopic (exact) mass is 363 g/mol. The molecule has 54 valence electrons. The maximum atomic E-state index is 11.0. The lowest BCUT2D eigenvalue weighted by Gasteiger charge is -1.96. The summed E-state index contributed by atoms with van der Waals surface area (Å²) in [7, 11) is 0. The minimum absolute atomic E-state index is 0.0356. The van der Waals surface area contributed by atoms with E-state index in [1.54, 1.807) is 0 Å². The van der Waals surface area contributed by atoms with E-state index in [0.29, 0.717) is 7.14 Å². The molecule has 0 amide bonds. The summed E-state index contributed by atoms with van der Waals surface area (Å²) >= 11 is 3.75. The van der Waals surface area contributed by atoms with Crippen molar-refractivity contribution in [3.63, 3.8) is 0 Å². The molecule has 0 aromatic carbocycles. The van der Waals surface area contributed by atoms with Crippen LogP contribution in [0, 0.1) is 7.14 Å². The third-order valence-electron chi connectivity index (χ3n) is 0.925. The number of hydrogen-bond donors (Lipinski definition) is 1. The van der Waals surface area contributed by atoms with Crippen LogP contribution in [0.2, 0.25) is 0 Å². The summed E-state index contributed by atoms with van der Waals surface area (Å²) in [5.41, 5.74) is -0.0356. The molecule has 3 nitrogen and oxygen atoms in total. The summed E-state index contributed by atoms with van der Waals surface area (Å²) in [5.74, 6) is 0. The van der Waals surface area contributed by atoms with Crippen molar-refractivity contribution in [3.8, 4) is 0 Å². The largest absolute Gasteiger partial charge is 0.429 e. The van der Waals surface area contributed by atoms with E-state index in [9.17, 15) is 4.79 Å². The van der Waals surface area contributed by atoms with Gasteiger partial charge in [0.15, 0.2) is 0 Å². The van der Waals surface area contributed by atoms with Gasteiger partial charge in [0.25, 0.3) is 0 Å². The molecule has 1 aromatic heterocycles. The van der Waals surface area contributed by atoms with E-state index in [1.807, 2.05) is 45.2 Å². The Balaban J connectivity index is 3.46. The lowest BCUT2D eigenvalue weighted by molar-refractivity contribution is 0.182. The van der Waals surface area contributed by atoms with Gasteiger partial charge in [-0.05, 0) is 45.2 Å². The summed E-state index contributed by atoms with van der Waals surface area (Å²) in [4.78, 5) is 11.0. The molecule has 1 heterocycles. The standard InChI is InChI=1S/C5H3I2NO2/c6-3-1-8(10)2-4(7)5(3)9/h1-2,10H. The highest BCUT2D eigenvalue weighted by molar-refractivity contribution is 14.1. The van der Waals surface area contributed by atoms with Gasteiger partial charge in [0.05, 0.1) is 19.5 Å². The Morgan fingerprint density at radius 3 is 2.10 bits per heavy atom. The van der Waals surface area contributed by atoms with Gasteiger partial charge in [0.2, 0.25) is 5.43 Å². The fraction of sp³-hybridized carbons (Fsp3) is 0. The van der Waals surface area contributed by atoms with Crippen molar-refractivity contribution in [2.24, 2.45) is 0 Å². The van der Waals surface area contributed by atoms with Crippen molar-refractivity contribution in [1.29, 1.82) is 0 Å². The van der Waals surface area contributed by atoms with Crippen molar-refractivity contribution in [3.05, 3.63) is 29.8 Å². The Hall–Kier alpha value is 0.210. The fourth-order valence-electron chi connectivity index (χ4n) is 0.501. The van der Waals surface area contributed by atoms with Gasteiger partial charge in [0, 0.05) is 0 Å². The minimum atomic E-state index is -0.0356. The average Bonchev–Trinajstić information content (AvgIpc) is 1.82. The van der Waals surface area contributed by atoms with E-state index in [1.165, 1.54) is 12.4 Å². The van der Waals surface area contributed by atoms with Gasteiger partial charge in [-0.15, -0.1) is 0 Å². The zero-order valence-corrected chi connectivity index (χ0v) is 9.03. The number of pyridine rings is 1. The second-order valence-electron chi connectivity index (χ2n) is 1.66. The first-order chi connectivity index (χ1) is 4.61. The molecule has 1 rings (SSSR count). The number of halogens is 2. The molecule has 0 spiro atoms. The van der Waals surface area contributed by atoms with Crippen LogP contribution >= 0.6 is 45.2 Å². The maximum Gasteiger partial charge on any atom is 0.208 e. The van der Waals surface area contributed by atoms with E-state index in [-0.39, 0.29) is 5.43 Å². The van der Waals surface area contributed by atoms with E-state index in [4.69, 9.17) is 5.21 Å². The Labute approximate surface area is 84.3 Å². The van der Waals surface area contributed by atoms with E-state index in [2.05, 4.69) is 0 Å². The second-order valence-corrected chi connectivity index (χ2v) is 3.99. The zero-order valence-electron chi connectivity index (χ0n) is 4.71. The fourth-order valence-corrected chi connectivity index (χ4v) is 2.17. The summed E-state index contributed by atoms with van der Waals surface area (Å²) in [6, 6.07) is 0. The lowest BCUT2D eigenvalue weighted by atomic mass is 10.5. The highest BCUT2D eigenvalue weighted by Crippen LogP contribution is 2.01. The van der Waals surface area contributed by atoms with Crippen LogP contribution in [0.1, 0.15) is 0 Å². The van der Waals surface area contributed by atoms with Crippen LogP contribution in [0.15, 0.2) is 17.2 Å². The number of nitrogens with zero attached hydrogens (tertiary/aromatic N) is 1. The summed E-state index contributed by atoms with van der Waals surface area (Å²) in [6.07, 6.45) is 2.73. The van der Waals surface area contributed by atoms with Crippen LogP contribution in [-0.2, 0) is 0 Å². The van der Waals surface area contributed by atoms with E-state index in [0.717, 1.165) is 4.73 Å². The predicted octanol–water partition coefficient (Wildman–Crippen LogP) is 1.29. The third kappa shape index (κ3) is 1.62. The van der Waals surface area contributed by atoms with Gasteiger partial charge >= 0.3 is 0 Å². The molecule has 0 radical (unpaired) electrons. The Morgan fingerprint density at radius 1 is 1.30 bits per heavy atom. The SMILES string of the molecule is O=c1c(I)cn(O)cc1I. The van der Waals surface area contributed by atoms with E-state index < -0.39 is 0 Å². The van der Waals surface area contributed by atoms with Gasteiger partial charge in [-0.1, -0.05) is 0 Å². The second kappa shape index (κ2) is 3.07. The summed E-state index contributed by atoms with van der Waals surface area (Å²) in [5, 5.41) is 8.89. The first-order valence-corrected chi connectivity index (χ1v) is 4.53. The van der Waals surface area contributed by atoms with Crippen molar-refractivity contribution < 1.29 is 5.21 Å². The molecule has 0 aliphatic rings. The smallest absolute Gasteiger partial charge is 0.208 e. The maximum absolute atomic E-state index is 11.0. The Kier molecular flexibility index (Phi) is 2.55. The molecule has 1 aromatic rings. The van der Waals surface area contributed by atoms with Crippen molar-refractivity contribution in [1.82, 2.24) is 4.73 Å². The van der Waals surface area contributed by atoms with E-state index >= 15 is 0 Å². The quantitative estimate of drug-likeness (QED) is 0.558. The highest BCUT2D eigenvalue weighted by Gasteiger charge is 2.00. The zero-order chi connectivity index (χ0) is 7.72. The molecule has 0 bridgehead atoms. The Morgan fingerprint density at radius 2 is 1.70 bits per heavy atom. The molecule has 0 aliphatic heterocycles. The highest BCUT2D eigenvalue weighted by atomic mass is 127. The van der Waals surface area contributed by atoms with Crippen molar-refractivity contribution in [2.45, 2.75) is 0 Å². The molecule has 0 saturated heterocycles. The topological polar surface area (TPSA) is 42.2 Å². The Bertz CT molecular complexity index is 281. The van der Waals surface area contributed by atoms with Gasteiger partial charge in [-0.2, -0.15) is 4.73 Å². The normalized spacial score (nSPS) is 9.80. The molecule has 0 saturated carbocycles. The molecule has 5 heteroatoms. The van der Waals surface area contributed by atoms with Crippen LogP contribution in [0.4, 0.5) is 0 Å². The molecule has 10 heavy (non-hydrogen) atoms. The lowest BCUT2D eigenvalue weighted by Crippen LogP contribution is -2.12. The van der Waals surface area contributed by atoms with Crippen LogP contribution in [0.5, 0.6) is 0 Å². The van der Waals surface area contributed by atoms with Crippen LogP contribution < -0.4 is 5.43 Å². The van der Waals surface area contributed by atoms with Gasteiger partial charge in [-0.25, -0.2) is 0 Å². The van der Waals surface area contributed by atoms with Gasteiger partial charge < -0.3 is 5.21 Å². The number of rotatable bonds is 0. The third-order valence-corrected chi connectivity index (χ3v) is 2.46. The van der Waals surface area contributed by atoms with Crippen molar-refractivity contribution >= 4 is 45.2 Å².